The van der Waals surface area contributed by atoms with Gasteiger partial charge in [-0.25, -0.2) is 4.79 Å². The fourth-order valence-corrected chi connectivity index (χ4v) is 16.9. The number of ether oxygens (including phenoxy) is 3. The van der Waals surface area contributed by atoms with Crippen molar-refractivity contribution in [3.63, 3.8) is 0 Å². The molecule has 4 fully saturated rings. The van der Waals surface area contributed by atoms with Gasteiger partial charge in [0.2, 0.25) is 0 Å². The summed E-state index contributed by atoms with van der Waals surface area (Å²) in [5.74, 6) is -0.441. The van der Waals surface area contributed by atoms with E-state index in [0.717, 1.165) is 135 Å². The van der Waals surface area contributed by atoms with Gasteiger partial charge in [0, 0.05) is 138 Å². The van der Waals surface area contributed by atoms with E-state index in [1.165, 1.54) is 0 Å². The standard InChI is InChI=1S/C53H62N4O7.4C10H8N2.2Ru/c1-33-17-22-54-44(25-33)46-27-36(19-24-56-46)8-6-10-49(59)64-47-30-42-41(53(61)21-16-40(52(47,53)4)37-28-50(60)62-32-37)13-12-38-29-39(15-20-51(38,42)3)63-48(58)9-5-7-35-18-23-55-45(26-35)43-14-11-34(2)31-57-43;4*1-3-7-11-9(5-1)10-6-2-4-8-12-10;;/h11,14,17-19,22-28,31,38-42,47,61H,5-10,12-13,15-16,20-21,29-30,32H2,1-4H3;4*1-8H;;. The Kier molecular flexibility index (Phi) is 30.1. The number of aliphatic hydroxyl groups is 1. The van der Waals surface area contributed by atoms with Gasteiger partial charge < -0.3 is 19.3 Å². The number of rotatable bonds is 17. The summed E-state index contributed by atoms with van der Waals surface area (Å²) in [6.07, 6.45) is 31.8. The zero-order valence-corrected chi connectivity index (χ0v) is 68.0. The summed E-state index contributed by atoms with van der Waals surface area (Å²) in [6, 6.07) is 62.4. The molecule has 1 aliphatic heterocycles. The van der Waals surface area contributed by atoms with Gasteiger partial charge in [-0.1, -0.05) is 68.4 Å². The van der Waals surface area contributed by atoms with E-state index in [9.17, 15) is 19.5 Å². The van der Waals surface area contributed by atoms with Crippen molar-refractivity contribution in [1.82, 2.24) is 59.8 Å². The third-order valence-electron chi connectivity index (χ3n) is 22.6. The van der Waals surface area contributed by atoms with Gasteiger partial charge in [0.1, 0.15) is 18.8 Å². The Morgan fingerprint density at radius 3 is 1.25 bits per heavy atom. The zero-order valence-electron chi connectivity index (χ0n) is 64.5. The van der Waals surface area contributed by atoms with Gasteiger partial charge in [-0.05, 0) is 287 Å². The number of hydrogen-bond acceptors (Lipinski definition) is 19. The van der Waals surface area contributed by atoms with Crippen LogP contribution in [-0.4, -0.2) is 107 Å². The summed E-state index contributed by atoms with van der Waals surface area (Å²) in [7, 11) is 0. The molecule has 4 saturated carbocycles. The Balaban J connectivity index is 0.000000201. The first kappa shape index (κ1) is 84.1. The Morgan fingerprint density at radius 1 is 0.430 bits per heavy atom. The Bertz CT molecular complexity index is 4590. The van der Waals surface area contributed by atoms with Gasteiger partial charge in [-0.2, -0.15) is 0 Å². The molecule has 19 nitrogen and oxygen atoms in total. The monoisotopic (exact) mass is 1690 g/mol. The summed E-state index contributed by atoms with van der Waals surface area (Å²) < 4.78 is 18.2. The van der Waals surface area contributed by atoms with E-state index in [4.69, 9.17) is 14.2 Å². The summed E-state index contributed by atoms with van der Waals surface area (Å²) in [6.45, 7) is 8.75. The number of cyclic esters (lactones) is 1. The molecule has 21 heteroatoms. The minimum absolute atomic E-state index is 0. The van der Waals surface area contributed by atoms with Crippen LogP contribution in [0.3, 0.4) is 0 Å². The SMILES string of the molecule is Cc1ccc(-c2cc(CCCC(=O)OC3CCC4(C)C(CCC5C4CC(OC(=O)CCCc4ccnc(-c6cc(C)ccn6)c4)C4(C)C(C6=CC(=O)OC6)CCC54O)C3)ccn2)nc1.[Ru].[Ru].c1ccc(-c2ccccn2)nc1.c1ccc(-c2ccccn2)nc1.c1ccc(-c2ccccn2)nc1.c1ccc(-c2ccccn2)nc1. The van der Waals surface area contributed by atoms with Crippen molar-refractivity contribution in [2.45, 2.75) is 135 Å². The van der Waals surface area contributed by atoms with Gasteiger partial charge in [-0.3, -0.25) is 69.4 Å². The summed E-state index contributed by atoms with van der Waals surface area (Å²) in [5.41, 5.74) is 13.9. The van der Waals surface area contributed by atoms with Crippen molar-refractivity contribution >= 4 is 17.9 Å². The topological polar surface area (TPSA) is 254 Å². The molecule has 1 N–H and O–H groups in total. The van der Waals surface area contributed by atoms with Crippen LogP contribution in [-0.2, 0) is 80.4 Å². The van der Waals surface area contributed by atoms with Crippen LogP contribution in [0.2, 0.25) is 0 Å². The molecule has 17 rings (SSSR count). The van der Waals surface area contributed by atoms with Crippen LogP contribution in [0, 0.1) is 48.3 Å². The fraction of sp³-hybridized carbons (Fsp3) is 0.301. The molecule has 0 bridgehead atoms. The molecule has 0 radical (unpaired) electrons. The number of carbonyl (C=O) groups is 3. The maximum absolute atomic E-state index is 14.0. The average molecular weight is 1690 g/mol. The second-order valence-electron chi connectivity index (χ2n) is 29.7. The Hall–Kier alpha value is -10.8. The van der Waals surface area contributed by atoms with Crippen LogP contribution < -0.4 is 0 Å². The van der Waals surface area contributed by atoms with Crippen molar-refractivity contribution in [2.24, 2.45) is 34.5 Å². The number of esters is 3. The first-order chi connectivity index (χ1) is 54.7. The Labute approximate surface area is 692 Å². The second kappa shape index (κ2) is 40.8. The molecule has 9 atom stereocenters. The molecule has 9 unspecified atom stereocenters. The van der Waals surface area contributed by atoms with E-state index < -0.39 is 17.1 Å². The minimum Gasteiger partial charge on any atom is -0.462 e. The van der Waals surface area contributed by atoms with Crippen LogP contribution in [0.4, 0.5) is 0 Å². The van der Waals surface area contributed by atoms with Crippen molar-refractivity contribution < 1.29 is 72.7 Å². The molecule has 5 aliphatic rings. The number of fused-ring (bicyclic) bond motifs is 5. The number of aryl methyl sites for hydroxylation is 4. The summed E-state index contributed by atoms with van der Waals surface area (Å²) >= 11 is 0. The average Bonchev–Trinajstić information content (AvgIpc) is 1.43. The van der Waals surface area contributed by atoms with Crippen LogP contribution in [0.25, 0.3) is 68.3 Å². The number of nitrogens with zero attached hydrogens (tertiary/aromatic N) is 12. The molecule has 0 saturated heterocycles. The van der Waals surface area contributed by atoms with Crippen molar-refractivity contribution in [2.75, 3.05) is 6.61 Å². The van der Waals surface area contributed by atoms with E-state index in [1.54, 1.807) is 74.2 Å². The second-order valence-corrected chi connectivity index (χ2v) is 29.7. The van der Waals surface area contributed by atoms with Crippen molar-refractivity contribution in [3.05, 3.63) is 302 Å². The maximum Gasteiger partial charge on any atom is 0.331 e. The Morgan fingerprint density at radius 2 is 0.842 bits per heavy atom. The molecule has 12 aromatic heterocycles. The molecular weight excluding hydrogens is 1600 g/mol. The maximum atomic E-state index is 14.0. The van der Waals surface area contributed by atoms with Gasteiger partial charge >= 0.3 is 17.9 Å². The van der Waals surface area contributed by atoms with Gasteiger partial charge in [0.15, 0.2) is 0 Å². The fourth-order valence-electron chi connectivity index (χ4n) is 16.9. The molecule has 4 aliphatic carbocycles. The van der Waals surface area contributed by atoms with E-state index in [0.29, 0.717) is 50.9 Å². The number of carbonyl (C=O) groups excluding carboxylic acids is 3. The van der Waals surface area contributed by atoms with E-state index in [1.807, 2.05) is 208 Å². The van der Waals surface area contributed by atoms with Crippen molar-refractivity contribution in [1.29, 1.82) is 0 Å². The van der Waals surface area contributed by atoms with Gasteiger partial charge in [0.25, 0.3) is 0 Å². The van der Waals surface area contributed by atoms with Gasteiger partial charge in [-0.15, -0.1) is 0 Å². The predicted octanol–water partition coefficient (Wildman–Crippen LogP) is 17.8. The smallest absolute Gasteiger partial charge is 0.331 e. The first-order valence-electron chi connectivity index (χ1n) is 38.7. The number of hydrogen-bond donors (Lipinski definition) is 1. The third kappa shape index (κ3) is 21.3. The van der Waals surface area contributed by atoms with Crippen LogP contribution in [0.5, 0.6) is 0 Å². The number of pyridine rings is 12. The van der Waals surface area contributed by atoms with Gasteiger partial charge in [0.05, 0.1) is 73.9 Å². The molecular formula is C93H94N12O7Ru2. The van der Waals surface area contributed by atoms with Crippen LogP contribution in [0.15, 0.2) is 280 Å². The largest absolute Gasteiger partial charge is 0.462 e. The third-order valence-corrected chi connectivity index (χ3v) is 22.6. The van der Waals surface area contributed by atoms with Crippen LogP contribution >= 0.6 is 0 Å². The summed E-state index contributed by atoms with van der Waals surface area (Å²) in [5, 5.41) is 13.2. The quantitative estimate of drug-likeness (QED) is 0.0505. The normalized spacial score (nSPS) is 21.3. The molecule has 12 aromatic rings. The molecule has 0 amide bonds. The minimum atomic E-state index is -1.08. The molecule has 13 heterocycles. The summed E-state index contributed by atoms with van der Waals surface area (Å²) in [4.78, 5) is 91.2. The van der Waals surface area contributed by atoms with Crippen molar-refractivity contribution in [3.8, 4) is 68.3 Å². The first-order valence-corrected chi connectivity index (χ1v) is 38.7. The molecule has 114 heavy (non-hydrogen) atoms. The van der Waals surface area contributed by atoms with E-state index >= 15 is 0 Å². The van der Waals surface area contributed by atoms with E-state index in [-0.39, 0.29) is 99.2 Å². The van der Waals surface area contributed by atoms with E-state index in [2.05, 4.69) is 79.7 Å². The zero-order chi connectivity index (χ0) is 77.5. The molecule has 0 spiro atoms. The molecule has 0 aromatic carbocycles. The molecule has 584 valence electrons. The van der Waals surface area contributed by atoms with Crippen LogP contribution in [0.1, 0.15) is 113 Å². The predicted molar refractivity (Wildman–Crippen MR) is 431 cm³/mol. The number of aromatic nitrogens is 12.